The van der Waals surface area contributed by atoms with Gasteiger partial charge in [-0.2, -0.15) is 17.4 Å². The molecule has 1 rings (SSSR count). The van der Waals surface area contributed by atoms with Crippen molar-refractivity contribution in [1.82, 2.24) is 9.03 Å². The van der Waals surface area contributed by atoms with Crippen molar-refractivity contribution in [1.29, 1.82) is 0 Å². The van der Waals surface area contributed by atoms with Gasteiger partial charge >= 0.3 is 5.97 Å². The molecule has 2 N–H and O–H groups in total. The van der Waals surface area contributed by atoms with Gasteiger partial charge in [0.25, 0.3) is 10.2 Å². The van der Waals surface area contributed by atoms with E-state index in [9.17, 15) is 13.2 Å². The van der Waals surface area contributed by atoms with Crippen LogP contribution < -0.4 is 4.72 Å². The molecule has 0 radical (unpaired) electrons. The first kappa shape index (κ1) is 16.0. The molecule has 1 fully saturated rings. The molecule has 6 nitrogen and oxygen atoms in total. The zero-order valence-corrected chi connectivity index (χ0v) is 11.8. The van der Waals surface area contributed by atoms with Crippen molar-refractivity contribution in [2.24, 2.45) is 5.92 Å². The van der Waals surface area contributed by atoms with Gasteiger partial charge in [-0.25, -0.2) is 0 Å². The predicted molar refractivity (Wildman–Crippen MR) is 71.5 cm³/mol. The maximum Gasteiger partial charge on any atom is 0.307 e. The van der Waals surface area contributed by atoms with Crippen LogP contribution in [0.15, 0.2) is 0 Å². The average Bonchev–Trinajstić information content (AvgIpc) is 2.38. The summed E-state index contributed by atoms with van der Waals surface area (Å²) in [6, 6.07) is -0.541. The molecule has 0 aromatic carbocycles. The van der Waals surface area contributed by atoms with Crippen LogP contribution in [0.3, 0.4) is 0 Å². The number of nitrogens with one attached hydrogen (secondary N) is 1. The molecular formula is C12H20N2O4S. The van der Waals surface area contributed by atoms with Crippen molar-refractivity contribution in [2.75, 3.05) is 13.1 Å². The smallest absolute Gasteiger partial charge is 0.307 e. The molecule has 2 unspecified atom stereocenters. The minimum atomic E-state index is -3.71. The van der Waals surface area contributed by atoms with E-state index in [1.165, 1.54) is 4.31 Å². The van der Waals surface area contributed by atoms with Crippen LogP contribution in [-0.2, 0) is 15.0 Å². The summed E-state index contributed by atoms with van der Waals surface area (Å²) in [6.45, 7) is 2.26. The highest BCUT2D eigenvalue weighted by molar-refractivity contribution is 7.87. The first-order valence-electron chi connectivity index (χ1n) is 6.37. The van der Waals surface area contributed by atoms with E-state index >= 15 is 0 Å². The number of carboxylic acid groups (broad SMARTS) is 1. The monoisotopic (exact) mass is 288 g/mol. The molecule has 108 valence electrons. The van der Waals surface area contributed by atoms with E-state index in [4.69, 9.17) is 11.5 Å². The van der Waals surface area contributed by atoms with Gasteiger partial charge in [-0.15, -0.1) is 6.42 Å². The van der Waals surface area contributed by atoms with Gasteiger partial charge in [0.1, 0.15) is 0 Å². The lowest BCUT2D eigenvalue weighted by Crippen LogP contribution is -2.49. The molecular weight excluding hydrogens is 268 g/mol. The van der Waals surface area contributed by atoms with Gasteiger partial charge in [0.05, 0.1) is 12.0 Å². The Hall–Kier alpha value is -1.10. The van der Waals surface area contributed by atoms with E-state index < -0.39 is 28.1 Å². The fraction of sp³-hybridized carbons (Fsp3) is 0.750. The number of rotatable bonds is 6. The Bertz CT molecular complexity index is 455. The fourth-order valence-electron chi connectivity index (χ4n) is 2.08. The predicted octanol–water partition coefficient (Wildman–Crippen LogP) is 0.419. The highest BCUT2D eigenvalue weighted by atomic mass is 32.2. The summed E-state index contributed by atoms with van der Waals surface area (Å²) >= 11 is 0. The molecule has 0 aliphatic carbocycles. The topological polar surface area (TPSA) is 86.7 Å². The lowest BCUT2D eigenvalue weighted by atomic mass is 10.0. The zero-order valence-electron chi connectivity index (χ0n) is 11.0. The molecule has 2 atom stereocenters. The summed E-state index contributed by atoms with van der Waals surface area (Å²) in [7, 11) is -3.71. The van der Waals surface area contributed by atoms with Crippen molar-refractivity contribution in [3.63, 3.8) is 0 Å². The minimum Gasteiger partial charge on any atom is -0.481 e. The average molecular weight is 288 g/mol. The van der Waals surface area contributed by atoms with Crippen LogP contribution in [0.25, 0.3) is 0 Å². The van der Waals surface area contributed by atoms with E-state index in [1.807, 2.05) is 6.92 Å². The van der Waals surface area contributed by atoms with Crippen LogP contribution in [0.5, 0.6) is 0 Å². The molecule has 1 aliphatic rings. The molecule has 0 bridgehead atoms. The molecule has 0 aromatic heterocycles. The number of nitrogens with zero attached hydrogens (tertiary/aromatic N) is 1. The number of piperidine rings is 1. The third kappa shape index (κ3) is 4.49. The second-order valence-electron chi connectivity index (χ2n) is 4.67. The molecule has 7 heteroatoms. The summed E-state index contributed by atoms with van der Waals surface area (Å²) in [4.78, 5) is 10.9. The van der Waals surface area contributed by atoms with Crippen molar-refractivity contribution in [3.8, 4) is 12.3 Å². The summed E-state index contributed by atoms with van der Waals surface area (Å²) in [5.41, 5.74) is 0. The Morgan fingerprint density at radius 1 is 1.63 bits per heavy atom. The van der Waals surface area contributed by atoms with Crippen molar-refractivity contribution in [3.05, 3.63) is 0 Å². The number of carbonyl (C=O) groups is 1. The first-order valence-corrected chi connectivity index (χ1v) is 7.81. The summed E-state index contributed by atoms with van der Waals surface area (Å²) in [6.07, 6.45) is 7.67. The van der Waals surface area contributed by atoms with Gasteiger partial charge in [0.2, 0.25) is 0 Å². The molecule has 1 heterocycles. The normalized spacial score (nSPS) is 22.6. The lowest BCUT2D eigenvalue weighted by Gasteiger charge is -2.30. The number of terminal acetylenes is 1. The van der Waals surface area contributed by atoms with Crippen LogP contribution in [0, 0.1) is 18.3 Å². The standard InChI is InChI=1S/C12H20N2O4S/c1-3-6-11(4-2)13-19(17,18)14-8-5-7-10(9-14)12(15)16/h2,10-11,13H,3,5-9H2,1H3,(H,15,16). The zero-order chi connectivity index (χ0) is 14.5. The fourth-order valence-corrected chi connectivity index (χ4v) is 3.52. The Labute approximate surface area is 114 Å². The van der Waals surface area contributed by atoms with Crippen LogP contribution in [0.1, 0.15) is 32.6 Å². The van der Waals surface area contributed by atoms with E-state index in [1.54, 1.807) is 0 Å². The Balaban J connectivity index is 2.71. The summed E-state index contributed by atoms with van der Waals surface area (Å²) in [5, 5.41) is 8.96. The van der Waals surface area contributed by atoms with Gasteiger partial charge < -0.3 is 5.11 Å². The Morgan fingerprint density at radius 2 is 2.32 bits per heavy atom. The molecule has 0 amide bonds. The van der Waals surface area contributed by atoms with E-state index in [-0.39, 0.29) is 6.54 Å². The number of aliphatic carboxylic acids is 1. The quantitative estimate of drug-likeness (QED) is 0.693. The van der Waals surface area contributed by atoms with Crippen LogP contribution in [0.4, 0.5) is 0 Å². The molecule has 1 aliphatic heterocycles. The molecule has 1 saturated heterocycles. The lowest BCUT2D eigenvalue weighted by molar-refractivity contribution is -0.142. The maximum absolute atomic E-state index is 12.1. The van der Waals surface area contributed by atoms with Gasteiger partial charge in [0, 0.05) is 13.1 Å². The van der Waals surface area contributed by atoms with Gasteiger partial charge in [-0.05, 0) is 19.3 Å². The van der Waals surface area contributed by atoms with Gasteiger partial charge in [0.15, 0.2) is 0 Å². The SMILES string of the molecule is C#CC(CCC)NS(=O)(=O)N1CCCC(C(=O)O)C1. The first-order chi connectivity index (χ1) is 8.90. The van der Waals surface area contributed by atoms with Crippen molar-refractivity contribution < 1.29 is 18.3 Å². The number of hydrogen-bond donors (Lipinski definition) is 2. The third-order valence-electron chi connectivity index (χ3n) is 3.14. The second-order valence-corrected chi connectivity index (χ2v) is 6.37. The van der Waals surface area contributed by atoms with Crippen molar-refractivity contribution >= 4 is 16.2 Å². The molecule has 0 spiro atoms. The van der Waals surface area contributed by atoms with Crippen LogP contribution >= 0.6 is 0 Å². The third-order valence-corrected chi connectivity index (χ3v) is 4.74. The molecule has 0 saturated carbocycles. The largest absolute Gasteiger partial charge is 0.481 e. The van der Waals surface area contributed by atoms with Crippen LogP contribution in [0.2, 0.25) is 0 Å². The van der Waals surface area contributed by atoms with E-state index in [0.717, 1.165) is 6.42 Å². The molecule has 0 aromatic rings. The van der Waals surface area contributed by atoms with E-state index in [2.05, 4.69) is 10.6 Å². The Morgan fingerprint density at radius 3 is 2.84 bits per heavy atom. The van der Waals surface area contributed by atoms with Crippen molar-refractivity contribution in [2.45, 2.75) is 38.6 Å². The number of carboxylic acids is 1. The second kappa shape index (κ2) is 6.89. The highest BCUT2D eigenvalue weighted by Crippen LogP contribution is 2.19. The highest BCUT2D eigenvalue weighted by Gasteiger charge is 2.32. The maximum atomic E-state index is 12.1. The van der Waals surface area contributed by atoms with Gasteiger partial charge in [-0.3, -0.25) is 4.79 Å². The van der Waals surface area contributed by atoms with Gasteiger partial charge in [-0.1, -0.05) is 19.3 Å². The summed E-state index contributed by atoms with van der Waals surface area (Å²) in [5.74, 6) is 0.804. The minimum absolute atomic E-state index is 0.00802. The molecule has 19 heavy (non-hydrogen) atoms. The Kier molecular flexibility index (Phi) is 5.79. The van der Waals surface area contributed by atoms with E-state index in [0.29, 0.717) is 25.8 Å². The summed E-state index contributed by atoms with van der Waals surface area (Å²) < 4.78 is 27.9. The number of hydrogen-bond acceptors (Lipinski definition) is 3. The van der Waals surface area contributed by atoms with Crippen LogP contribution in [-0.4, -0.2) is 42.9 Å².